The molecule has 0 bridgehead atoms. The number of piperazine rings is 2. The van der Waals surface area contributed by atoms with Gasteiger partial charge < -0.3 is 10.2 Å². The molecule has 3 saturated heterocycles. The molecule has 25 heavy (non-hydrogen) atoms. The molecule has 0 aliphatic carbocycles. The number of amides is 1. The van der Waals surface area contributed by atoms with Gasteiger partial charge in [0, 0.05) is 58.4 Å². The number of hydrogen-bond acceptors (Lipinski definition) is 6. The zero-order valence-electron chi connectivity index (χ0n) is 14.9. The van der Waals surface area contributed by atoms with E-state index < -0.39 is 0 Å². The van der Waals surface area contributed by atoms with Crippen molar-refractivity contribution < 1.29 is 4.79 Å². The van der Waals surface area contributed by atoms with E-state index in [-0.39, 0.29) is 5.91 Å². The molecule has 1 amide bonds. The van der Waals surface area contributed by atoms with Crippen LogP contribution in [0.5, 0.6) is 0 Å². The van der Waals surface area contributed by atoms with Crippen molar-refractivity contribution in [3.63, 3.8) is 0 Å². The van der Waals surface area contributed by atoms with Crippen LogP contribution in [0.25, 0.3) is 0 Å². The smallest absolute Gasteiger partial charge is 0.276 e. The van der Waals surface area contributed by atoms with E-state index in [1.165, 1.54) is 25.8 Å². The quantitative estimate of drug-likeness (QED) is 0.791. The SMILES string of the molecule is O=C(c1cn(CCN2CCNCC2)nn1)N1CCN2CCCC[C@H]2C1. The molecule has 0 radical (unpaired) electrons. The lowest BCUT2D eigenvalue weighted by molar-refractivity contribution is 0.0368. The maximum Gasteiger partial charge on any atom is 0.276 e. The fourth-order valence-electron chi connectivity index (χ4n) is 4.19. The number of carbonyl (C=O) groups excluding carboxylic acids is 1. The van der Waals surface area contributed by atoms with Crippen molar-refractivity contribution in [1.29, 1.82) is 0 Å². The summed E-state index contributed by atoms with van der Waals surface area (Å²) < 4.78 is 1.81. The van der Waals surface area contributed by atoms with Gasteiger partial charge in [0.05, 0.1) is 12.7 Å². The third kappa shape index (κ3) is 4.02. The van der Waals surface area contributed by atoms with Crippen LogP contribution in [0, 0.1) is 0 Å². The summed E-state index contributed by atoms with van der Waals surface area (Å²) in [6.45, 7) is 9.83. The van der Waals surface area contributed by atoms with Gasteiger partial charge in [-0.1, -0.05) is 11.6 Å². The van der Waals surface area contributed by atoms with Crippen molar-refractivity contribution in [2.24, 2.45) is 0 Å². The molecule has 3 aliphatic heterocycles. The molecule has 3 aliphatic rings. The number of hydrogen-bond donors (Lipinski definition) is 1. The fraction of sp³-hybridized carbons (Fsp3) is 0.824. The Labute approximate surface area is 149 Å². The van der Waals surface area contributed by atoms with Crippen LogP contribution in [-0.2, 0) is 6.54 Å². The summed E-state index contributed by atoms with van der Waals surface area (Å²) in [7, 11) is 0. The summed E-state index contributed by atoms with van der Waals surface area (Å²) in [5.41, 5.74) is 0.490. The third-order valence-corrected chi connectivity index (χ3v) is 5.74. The number of piperidine rings is 1. The van der Waals surface area contributed by atoms with E-state index in [2.05, 4.69) is 25.4 Å². The van der Waals surface area contributed by atoms with Crippen molar-refractivity contribution in [1.82, 2.24) is 35.0 Å². The van der Waals surface area contributed by atoms with Gasteiger partial charge in [-0.2, -0.15) is 0 Å². The minimum Gasteiger partial charge on any atom is -0.334 e. The molecule has 1 aromatic heterocycles. The van der Waals surface area contributed by atoms with Crippen LogP contribution in [0.1, 0.15) is 29.8 Å². The average Bonchev–Trinajstić information content (AvgIpc) is 3.15. The Morgan fingerprint density at radius 1 is 1.12 bits per heavy atom. The number of nitrogens with zero attached hydrogens (tertiary/aromatic N) is 6. The minimum absolute atomic E-state index is 0.0404. The van der Waals surface area contributed by atoms with Gasteiger partial charge in [-0.25, -0.2) is 0 Å². The first-order valence-electron chi connectivity index (χ1n) is 9.66. The van der Waals surface area contributed by atoms with Gasteiger partial charge in [0.1, 0.15) is 0 Å². The predicted octanol–water partition coefficient (Wildman–Crippen LogP) is -0.506. The maximum absolute atomic E-state index is 12.8. The molecular weight excluding hydrogens is 318 g/mol. The first-order chi connectivity index (χ1) is 12.3. The molecule has 138 valence electrons. The molecule has 0 aromatic carbocycles. The van der Waals surface area contributed by atoms with Gasteiger partial charge in [-0.15, -0.1) is 5.10 Å². The van der Waals surface area contributed by atoms with Crippen LogP contribution in [0.2, 0.25) is 0 Å². The summed E-state index contributed by atoms with van der Waals surface area (Å²) in [4.78, 5) is 19.7. The molecule has 1 atom stereocenters. The summed E-state index contributed by atoms with van der Waals surface area (Å²) in [5.74, 6) is 0.0404. The molecule has 8 heteroatoms. The lowest BCUT2D eigenvalue weighted by atomic mass is 9.99. The largest absolute Gasteiger partial charge is 0.334 e. The maximum atomic E-state index is 12.8. The summed E-state index contributed by atoms with van der Waals surface area (Å²) in [5, 5.41) is 11.7. The molecule has 1 aromatic rings. The van der Waals surface area contributed by atoms with E-state index in [1.807, 2.05) is 15.8 Å². The van der Waals surface area contributed by atoms with Gasteiger partial charge in [0.15, 0.2) is 5.69 Å². The minimum atomic E-state index is 0.0404. The molecule has 3 fully saturated rings. The Bertz CT molecular complexity index is 583. The fourth-order valence-corrected chi connectivity index (χ4v) is 4.19. The summed E-state index contributed by atoms with van der Waals surface area (Å²) in [6, 6.07) is 0.536. The van der Waals surface area contributed by atoms with Gasteiger partial charge in [-0.3, -0.25) is 19.3 Å². The summed E-state index contributed by atoms with van der Waals surface area (Å²) in [6.07, 6.45) is 5.61. The molecule has 4 rings (SSSR count). The zero-order chi connectivity index (χ0) is 17.1. The van der Waals surface area contributed by atoms with Gasteiger partial charge in [-0.05, 0) is 19.4 Å². The number of aromatic nitrogens is 3. The topological polar surface area (TPSA) is 69.5 Å². The molecule has 8 nitrogen and oxygen atoms in total. The highest BCUT2D eigenvalue weighted by Crippen LogP contribution is 2.21. The van der Waals surface area contributed by atoms with Gasteiger partial charge in [0.25, 0.3) is 5.91 Å². The predicted molar refractivity (Wildman–Crippen MR) is 94.4 cm³/mol. The lowest BCUT2D eigenvalue weighted by Gasteiger charge is -2.43. The molecule has 1 N–H and O–H groups in total. The van der Waals surface area contributed by atoms with Crippen molar-refractivity contribution in [2.45, 2.75) is 31.8 Å². The number of nitrogens with one attached hydrogen (secondary N) is 1. The first kappa shape index (κ1) is 16.9. The second kappa shape index (κ2) is 7.80. The second-order valence-corrected chi connectivity index (χ2v) is 7.40. The average molecular weight is 347 g/mol. The highest BCUT2D eigenvalue weighted by atomic mass is 16.2. The van der Waals surface area contributed by atoms with Crippen LogP contribution in [0.4, 0.5) is 0 Å². The Hall–Kier alpha value is -1.51. The highest BCUT2D eigenvalue weighted by molar-refractivity contribution is 5.92. The second-order valence-electron chi connectivity index (χ2n) is 7.40. The van der Waals surface area contributed by atoms with E-state index >= 15 is 0 Å². The van der Waals surface area contributed by atoms with Crippen molar-refractivity contribution in [3.05, 3.63) is 11.9 Å². The van der Waals surface area contributed by atoms with E-state index in [9.17, 15) is 4.79 Å². The van der Waals surface area contributed by atoms with Crippen LogP contribution in [0.3, 0.4) is 0 Å². The third-order valence-electron chi connectivity index (χ3n) is 5.74. The molecule has 0 unspecified atom stereocenters. The van der Waals surface area contributed by atoms with Crippen LogP contribution in [0.15, 0.2) is 6.20 Å². The monoisotopic (exact) mass is 347 g/mol. The zero-order valence-corrected chi connectivity index (χ0v) is 14.9. The molecule has 0 saturated carbocycles. The van der Waals surface area contributed by atoms with Crippen LogP contribution >= 0.6 is 0 Å². The lowest BCUT2D eigenvalue weighted by Crippen LogP contribution is -2.56. The van der Waals surface area contributed by atoms with Gasteiger partial charge >= 0.3 is 0 Å². The highest BCUT2D eigenvalue weighted by Gasteiger charge is 2.32. The molecule has 4 heterocycles. The van der Waals surface area contributed by atoms with E-state index in [4.69, 9.17) is 0 Å². The Morgan fingerprint density at radius 3 is 2.88 bits per heavy atom. The van der Waals surface area contributed by atoms with Crippen molar-refractivity contribution in [3.8, 4) is 0 Å². The standard InChI is InChI=1S/C17H29N7O/c25-17(23-11-10-22-6-2-1-3-15(22)13-23)16-14-24(20-19-16)12-9-21-7-4-18-5-8-21/h14-15,18H,1-13H2/t15-/m0/s1. The van der Waals surface area contributed by atoms with Crippen molar-refractivity contribution in [2.75, 3.05) is 58.9 Å². The number of fused-ring (bicyclic) bond motifs is 1. The Morgan fingerprint density at radius 2 is 2.00 bits per heavy atom. The summed E-state index contributed by atoms with van der Waals surface area (Å²) >= 11 is 0. The van der Waals surface area contributed by atoms with Crippen molar-refractivity contribution >= 4 is 5.91 Å². The van der Waals surface area contributed by atoms with E-state index in [0.29, 0.717) is 11.7 Å². The normalized spacial score (nSPS) is 25.8. The Balaban J connectivity index is 1.31. The first-order valence-corrected chi connectivity index (χ1v) is 9.66. The van der Waals surface area contributed by atoms with Crippen LogP contribution in [-0.4, -0.2) is 101 Å². The Kier molecular flexibility index (Phi) is 5.28. The number of carbonyl (C=O) groups is 1. The number of rotatable bonds is 4. The molecule has 0 spiro atoms. The van der Waals surface area contributed by atoms with Crippen LogP contribution < -0.4 is 5.32 Å². The van der Waals surface area contributed by atoms with E-state index in [0.717, 1.165) is 58.9 Å². The molecular formula is C17H29N7O. The van der Waals surface area contributed by atoms with Gasteiger partial charge in [0.2, 0.25) is 0 Å². The van der Waals surface area contributed by atoms with E-state index in [1.54, 1.807) is 0 Å².